The van der Waals surface area contributed by atoms with Crippen molar-refractivity contribution in [2.75, 3.05) is 60.1 Å². The zero-order valence-corrected chi connectivity index (χ0v) is 18.3. The van der Waals surface area contributed by atoms with E-state index in [1.165, 1.54) is 5.56 Å². The van der Waals surface area contributed by atoms with E-state index in [0.717, 1.165) is 64.0 Å². The Bertz CT molecular complexity index is 604. The van der Waals surface area contributed by atoms with Gasteiger partial charge in [-0.05, 0) is 44.1 Å². The highest BCUT2D eigenvalue weighted by atomic mass is 16.5. The quantitative estimate of drug-likeness (QED) is 0.492. The van der Waals surface area contributed by atoms with Crippen LogP contribution in [0.25, 0.3) is 0 Å². The maximum Gasteiger partial charge on any atom is 0.193 e. The molecule has 158 valence electrons. The van der Waals surface area contributed by atoms with Crippen LogP contribution in [0.15, 0.2) is 29.3 Å². The van der Waals surface area contributed by atoms with Crippen LogP contribution in [0.3, 0.4) is 0 Å². The molecule has 0 bridgehead atoms. The van der Waals surface area contributed by atoms with Crippen LogP contribution in [-0.4, -0.2) is 75.9 Å². The van der Waals surface area contributed by atoms with Crippen molar-refractivity contribution >= 4 is 5.96 Å². The molecule has 28 heavy (non-hydrogen) atoms. The second-order valence-electron chi connectivity index (χ2n) is 7.26. The molecule has 1 aliphatic rings. The molecule has 0 amide bonds. The smallest absolute Gasteiger partial charge is 0.193 e. The van der Waals surface area contributed by atoms with Gasteiger partial charge in [-0.2, -0.15) is 0 Å². The van der Waals surface area contributed by atoms with E-state index in [4.69, 9.17) is 14.5 Å². The molecule has 1 saturated heterocycles. The lowest BCUT2D eigenvalue weighted by Gasteiger charge is -2.30. The molecule has 1 aliphatic heterocycles. The predicted octanol–water partition coefficient (Wildman–Crippen LogP) is 3.01. The van der Waals surface area contributed by atoms with E-state index < -0.39 is 0 Å². The van der Waals surface area contributed by atoms with Gasteiger partial charge in [0.15, 0.2) is 5.96 Å². The molecule has 6 nitrogen and oxygen atoms in total. The van der Waals surface area contributed by atoms with E-state index in [2.05, 4.69) is 54.1 Å². The number of hydrogen-bond donors (Lipinski definition) is 1. The number of methoxy groups -OCH3 is 2. The molecule has 1 aromatic rings. The third-order valence-corrected chi connectivity index (χ3v) is 5.47. The van der Waals surface area contributed by atoms with Crippen molar-refractivity contribution in [2.45, 2.75) is 33.2 Å². The van der Waals surface area contributed by atoms with Gasteiger partial charge in [-0.15, -0.1) is 0 Å². The Kier molecular flexibility index (Phi) is 9.58. The lowest BCUT2D eigenvalue weighted by atomic mass is 10.0. The van der Waals surface area contributed by atoms with Gasteiger partial charge in [0.1, 0.15) is 5.75 Å². The zero-order chi connectivity index (χ0) is 20.4. The summed E-state index contributed by atoms with van der Waals surface area (Å²) in [5.74, 6) is 2.50. The summed E-state index contributed by atoms with van der Waals surface area (Å²) < 4.78 is 10.8. The number of guanidine groups is 1. The van der Waals surface area contributed by atoms with Gasteiger partial charge in [-0.1, -0.05) is 26.0 Å². The lowest BCUT2D eigenvalue weighted by Crippen LogP contribution is -2.41. The van der Waals surface area contributed by atoms with Crippen molar-refractivity contribution in [1.82, 2.24) is 15.1 Å². The number of likely N-dealkylation sites (N-methyl/N-ethyl adjacent to an activating group) is 1. The third-order valence-electron chi connectivity index (χ3n) is 5.47. The molecule has 1 fully saturated rings. The summed E-state index contributed by atoms with van der Waals surface area (Å²) in [4.78, 5) is 9.88. The SMILES string of the molecule is CCNC(=NCC(c1cccc(OC)c1)N(CC)CC)N1CCC(COC)C1. The first kappa shape index (κ1) is 22.5. The Morgan fingerprint density at radius 1 is 1.29 bits per heavy atom. The van der Waals surface area contributed by atoms with Crippen LogP contribution in [0.2, 0.25) is 0 Å². The van der Waals surface area contributed by atoms with Crippen LogP contribution < -0.4 is 10.1 Å². The van der Waals surface area contributed by atoms with Gasteiger partial charge in [0, 0.05) is 32.7 Å². The van der Waals surface area contributed by atoms with Gasteiger partial charge in [0.05, 0.1) is 26.3 Å². The monoisotopic (exact) mass is 390 g/mol. The van der Waals surface area contributed by atoms with Crippen molar-refractivity contribution in [1.29, 1.82) is 0 Å². The number of rotatable bonds is 10. The van der Waals surface area contributed by atoms with Gasteiger partial charge in [-0.3, -0.25) is 9.89 Å². The maximum atomic E-state index is 5.45. The molecule has 2 unspecified atom stereocenters. The first-order chi connectivity index (χ1) is 13.7. The Morgan fingerprint density at radius 2 is 2.07 bits per heavy atom. The first-order valence-corrected chi connectivity index (χ1v) is 10.6. The van der Waals surface area contributed by atoms with Gasteiger partial charge < -0.3 is 19.7 Å². The van der Waals surface area contributed by atoms with Crippen molar-refractivity contribution in [3.05, 3.63) is 29.8 Å². The van der Waals surface area contributed by atoms with Crippen molar-refractivity contribution < 1.29 is 9.47 Å². The van der Waals surface area contributed by atoms with Gasteiger partial charge in [0.2, 0.25) is 0 Å². The van der Waals surface area contributed by atoms with E-state index in [9.17, 15) is 0 Å². The topological polar surface area (TPSA) is 49.3 Å². The molecule has 1 heterocycles. The minimum atomic E-state index is 0.233. The standard InChI is InChI=1S/C22H38N4O2/c1-6-23-22(26-13-12-18(16-26)17-27-4)24-15-21(25(7-2)8-3)19-10-9-11-20(14-19)28-5/h9-11,14,18,21H,6-8,12-13,15-17H2,1-5H3,(H,23,24). The summed E-state index contributed by atoms with van der Waals surface area (Å²) in [5, 5.41) is 3.48. The molecule has 6 heteroatoms. The number of nitrogens with zero attached hydrogens (tertiary/aromatic N) is 3. The molecule has 0 aliphatic carbocycles. The Balaban J connectivity index is 2.20. The van der Waals surface area contributed by atoms with Crippen LogP contribution in [0.4, 0.5) is 0 Å². The predicted molar refractivity (Wildman–Crippen MR) is 116 cm³/mol. The fourth-order valence-electron chi connectivity index (χ4n) is 3.94. The molecule has 2 atom stereocenters. The molecule has 2 rings (SSSR count). The summed E-state index contributed by atoms with van der Waals surface area (Å²) in [5.41, 5.74) is 1.25. The number of aliphatic imine (C=N–C) groups is 1. The molecule has 0 radical (unpaired) electrons. The Labute approximate surface area is 170 Å². The van der Waals surface area contributed by atoms with E-state index >= 15 is 0 Å². The average Bonchev–Trinajstić information content (AvgIpc) is 3.19. The lowest BCUT2D eigenvalue weighted by molar-refractivity contribution is 0.157. The normalized spacial score (nSPS) is 18.6. The fraction of sp³-hybridized carbons (Fsp3) is 0.682. The average molecular weight is 391 g/mol. The van der Waals surface area contributed by atoms with Crippen molar-refractivity contribution in [3.8, 4) is 5.75 Å². The number of benzene rings is 1. The summed E-state index contributed by atoms with van der Waals surface area (Å²) in [6, 6.07) is 8.61. The minimum absolute atomic E-state index is 0.233. The van der Waals surface area contributed by atoms with Crippen LogP contribution in [-0.2, 0) is 4.74 Å². The van der Waals surface area contributed by atoms with E-state index in [1.807, 2.05) is 6.07 Å². The number of likely N-dealkylation sites (tertiary alicyclic amines) is 1. The number of hydrogen-bond acceptors (Lipinski definition) is 4. The molecule has 0 saturated carbocycles. The Morgan fingerprint density at radius 3 is 2.71 bits per heavy atom. The van der Waals surface area contributed by atoms with Crippen LogP contribution in [0.5, 0.6) is 5.75 Å². The number of ether oxygens (including phenoxy) is 2. The fourth-order valence-corrected chi connectivity index (χ4v) is 3.94. The highest BCUT2D eigenvalue weighted by molar-refractivity contribution is 5.80. The maximum absolute atomic E-state index is 5.45. The zero-order valence-electron chi connectivity index (χ0n) is 18.3. The second-order valence-corrected chi connectivity index (χ2v) is 7.26. The van der Waals surface area contributed by atoms with Gasteiger partial charge in [-0.25, -0.2) is 0 Å². The van der Waals surface area contributed by atoms with Gasteiger partial charge in [0.25, 0.3) is 0 Å². The minimum Gasteiger partial charge on any atom is -0.497 e. The second kappa shape index (κ2) is 11.9. The van der Waals surface area contributed by atoms with E-state index in [0.29, 0.717) is 5.92 Å². The van der Waals surface area contributed by atoms with Crippen molar-refractivity contribution in [3.63, 3.8) is 0 Å². The summed E-state index contributed by atoms with van der Waals surface area (Å²) >= 11 is 0. The summed E-state index contributed by atoms with van der Waals surface area (Å²) in [6.07, 6.45) is 1.16. The first-order valence-electron chi connectivity index (χ1n) is 10.6. The molecular formula is C22H38N4O2. The van der Waals surface area contributed by atoms with E-state index in [-0.39, 0.29) is 6.04 Å². The third kappa shape index (κ3) is 6.11. The highest BCUT2D eigenvalue weighted by Crippen LogP contribution is 2.25. The highest BCUT2D eigenvalue weighted by Gasteiger charge is 2.25. The summed E-state index contributed by atoms with van der Waals surface area (Å²) in [6.45, 7) is 13.0. The molecule has 1 N–H and O–H groups in total. The molecule has 1 aromatic carbocycles. The van der Waals surface area contributed by atoms with Crippen LogP contribution in [0, 0.1) is 5.92 Å². The number of nitrogens with one attached hydrogen (secondary N) is 1. The van der Waals surface area contributed by atoms with E-state index in [1.54, 1.807) is 14.2 Å². The molecule has 0 aromatic heterocycles. The Hall–Kier alpha value is -1.79. The van der Waals surface area contributed by atoms with Crippen LogP contribution >= 0.6 is 0 Å². The largest absolute Gasteiger partial charge is 0.497 e. The van der Waals surface area contributed by atoms with Gasteiger partial charge >= 0.3 is 0 Å². The molecular weight excluding hydrogens is 352 g/mol. The molecule has 0 spiro atoms. The van der Waals surface area contributed by atoms with Crippen molar-refractivity contribution in [2.24, 2.45) is 10.9 Å². The van der Waals surface area contributed by atoms with Crippen LogP contribution in [0.1, 0.15) is 38.8 Å². The summed E-state index contributed by atoms with van der Waals surface area (Å²) in [7, 11) is 3.50.